The van der Waals surface area contributed by atoms with Gasteiger partial charge in [0.1, 0.15) is 0 Å². The number of hydrogen-bond donors (Lipinski definition) is 0. The molecule has 0 saturated heterocycles. The summed E-state index contributed by atoms with van der Waals surface area (Å²) in [6.07, 6.45) is -3.41. The summed E-state index contributed by atoms with van der Waals surface area (Å²) in [5.41, 5.74) is 1.73. The van der Waals surface area contributed by atoms with Crippen LogP contribution in [-0.2, 0) is 11.3 Å². The van der Waals surface area contributed by atoms with Crippen molar-refractivity contribution in [3.63, 3.8) is 0 Å². The molecule has 16 heavy (non-hydrogen) atoms. The summed E-state index contributed by atoms with van der Waals surface area (Å²) in [4.78, 5) is 0. The summed E-state index contributed by atoms with van der Waals surface area (Å²) in [7, 11) is 0. The maximum Gasteiger partial charge on any atom is 0.391 e. The number of ether oxygens (including phenoxy) is 1. The first-order valence-electron chi connectivity index (χ1n) is 4.88. The zero-order chi connectivity index (χ0) is 12.0. The minimum Gasteiger partial charge on any atom is -0.376 e. The quantitative estimate of drug-likeness (QED) is 0.699. The molecule has 1 rings (SSSR count). The van der Waals surface area contributed by atoms with E-state index in [1.54, 1.807) is 6.08 Å². The molecule has 0 radical (unpaired) electrons. The van der Waals surface area contributed by atoms with Gasteiger partial charge in [-0.1, -0.05) is 36.9 Å². The van der Waals surface area contributed by atoms with Crippen LogP contribution in [0.15, 0.2) is 30.8 Å². The molecule has 0 aliphatic heterocycles. The molecule has 4 heteroatoms. The van der Waals surface area contributed by atoms with Crippen molar-refractivity contribution >= 4 is 6.08 Å². The summed E-state index contributed by atoms with van der Waals surface area (Å²) in [6, 6.07) is 7.31. The molecule has 0 saturated carbocycles. The first-order valence-corrected chi connectivity index (χ1v) is 4.88. The Balaban J connectivity index is 2.40. The van der Waals surface area contributed by atoms with Gasteiger partial charge in [-0.25, -0.2) is 0 Å². The van der Waals surface area contributed by atoms with Gasteiger partial charge in [0.2, 0.25) is 0 Å². The molecular formula is C12H13F3O. The molecule has 0 aromatic heterocycles. The van der Waals surface area contributed by atoms with E-state index in [0.717, 1.165) is 11.1 Å². The highest BCUT2D eigenvalue weighted by atomic mass is 19.4. The Morgan fingerprint density at radius 2 is 1.94 bits per heavy atom. The lowest BCUT2D eigenvalue weighted by molar-refractivity contribution is -0.146. The molecule has 0 aliphatic carbocycles. The van der Waals surface area contributed by atoms with Crippen molar-refractivity contribution < 1.29 is 17.9 Å². The number of hydrogen-bond acceptors (Lipinski definition) is 1. The Labute approximate surface area is 92.5 Å². The first-order chi connectivity index (χ1) is 7.53. The largest absolute Gasteiger partial charge is 0.391 e. The fourth-order valence-electron chi connectivity index (χ4n) is 1.23. The van der Waals surface area contributed by atoms with Crippen molar-refractivity contribution in [2.24, 2.45) is 0 Å². The zero-order valence-electron chi connectivity index (χ0n) is 8.76. The fraction of sp³-hybridized carbons (Fsp3) is 0.333. The molecule has 0 heterocycles. The van der Waals surface area contributed by atoms with Gasteiger partial charge in [0.15, 0.2) is 0 Å². The average Bonchev–Trinajstić information content (AvgIpc) is 2.23. The minimum absolute atomic E-state index is 0.179. The lowest BCUT2D eigenvalue weighted by atomic mass is 10.1. The van der Waals surface area contributed by atoms with Gasteiger partial charge in [0.25, 0.3) is 0 Å². The van der Waals surface area contributed by atoms with Gasteiger partial charge < -0.3 is 4.74 Å². The lowest BCUT2D eigenvalue weighted by Gasteiger charge is -2.08. The van der Waals surface area contributed by atoms with Gasteiger partial charge in [0.05, 0.1) is 19.6 Å². The monoisotopic (exact) mass is 230 g/mol. The van der Waals surface area contributed by atoms with Crippen molar-refractivity contribution in [1.82, 2.24) is 0 Å². The maximum absolute atomic E-state index is 11.8. The van der Waals surface area contributed by atoms with Crippen LogP contribution >= 0.6 is 0 Å². The van der Waals surface area contributed by atoms with E-state index in [9.17, 15) is 13.2 Å². The molecule has 0 N–H and O–H groups in total. The summed E-state index contributed by atoms with van der Waals surface area (Å²) >= 11 is 0. The van der Waals surface area contributed by atoms with Crippen molar-refractivity contribution in [3.8, 4) is 0 Å². The molecule has 0 bridgehead atoms. The molecule has 0 amide bonds. The van der Waals surface area contributed by atoms with Crippen LogP contribution in [0.3, 0.4) is 0 Å². The van der Waals surface area contributed by atoms with E-state index >= 15 is 0 Å². The third kappa shape index (κ3) is 4.49. The van der Waals surface area contributed by atoms with Crippen molar-refractivity contribution in [2.45, 2.75) is 19.2 Å². The van der Waals surface area contributed by atoms with Crippen LogP contribution in [0.25, 0.3) is 6.08 Å². The fourth-order valence-corrected chi connectivity index (χ4v) is 1.23. The Morgan fingerprint density at radius 1 is 1.25 bits per heavy atom. The molecule has 0 spiro atoms. The van der Waals surface area contributed by atoms with Gasteiger partial charge in [0, 0.05) is 0 Å². The molecular weight excluding hydrogens is 217 g/mol. The van der Waals surface area contributed by atoms with Crippen molar-refractivity contribution in [1.29, 1.82) is 0 Å². The minimum atomic E-state index is -4.15. The van der Waals surface area contributed by atoms with Crippen LogP contribution < -0.4 is 0 Å². The van der Waals surface area contributed by atoms with Crippen LogP contribution in [0.1, 0.15) is 17.5 Å². The van der Waals surface area contributed by atoms with Crippen LogP contribution in [-0.4, -0.2) is 12.8 Å². The van der Waals surface area contributed by atoms with E-state index in [4.69, 9.17) is 4.74 Å². The van der Waals surface area contributed by atoms with Crippen molar-refractivity contribution in [3.05, 3.63) is 42.0 Å². The average molecular weight is 230 g/mol. The highest BCUT2D eigenvalue weighted by Gasteiger charge is 2.26. The van der Waals surface area contributed by atoms with Gasteiger partial charge in [-0.05, 0) is 11.1 Å². The second-order valence-electron chi connectivity index (χ2n) is 3.32. The van der Waals surface area contributed by atoms with Crippen LogP contribution in [0.2, 0.25) is 0 Å². The van der Waals surface area contributed by atoms with Crippen molar-refractivity contribution in [2.75, 3.05) is 6.61 Å². The number of halogens is 3. The SMILES string of the molecule is C=Cc1ccccc1COCCC(F)(F)F. The zero-order valence-corrected chi connectivity index (χ0v) is 8.76. The Morgan fingerprint density at radius 3 is 2.56 bits per heavy atom. The van der Waals surface area contributed by atoms with Gasteiger partial charge >= 0.3 is 6.18 Å². The summed E-state index contributed by atoms with van der Waals surface area (Å²) < 4.78 is 40.5. The van der Waals surface area contributed by atoms with Gasteiger partial charge in [-0.15, -0.1) is 0 Å². The predicted octanol–water partition coefficient (Wildman–Crippen LogP) is 3.80. The molecule has 88 valence electrons. The molecule has 0 aliphatic rings. The molecule has 0 unspecified atom stereocenters. The maximum atomic E-state index is 11.8. The third-order valence-electron chi connectivity index (χ3n) is 2.06. The first kappa shape index (κ1) is 12.8. The Bertz CT molecular complexity index is 344. The smallest absolute Gasteiger partial charge is 0.376 e. The third-order valence-corrected chi connectivity index (χ3v) is 2.06. The standard InChI is InChI=1S/C12H13F3O/c1-2-10-5-3-4-6-11(10)9-16-8-7-12(13,14)15/h2-6H,1,7-9H2. The van der Waals surface area contributed by atoms with Crippen LogP contribution in [0.4, 0.5) is 13.2 Å². The van der Waals surface area contributed by atoms with E-state index in [1.165, 1.54) is 0 Å². The topological polar surface area (TPSA) is 9.23 Å². The van der Waals surface area contributed by atoms with E-state index in [0.29, 0.717) is 0 Å². The van der Waals surface area contributed by atoms with E-state index in [2.05, 4.69) is 6.58 Å². The molecule has 0 fully saturated rings. The molecule has 1 aromatic rings. The normalized spacial score (nSPS) is 11.4. The highest BCUT2D eigenvalue weighted by molar-refractivity contribution is 5.51. The highest BCUT2D eigenvalue weighted by Crippen LogP contribution is 2.19. The van der Waals surface area contributed by atoms with E-state index in [-0.39, 0.29) is 13.2 Å². The van der Waals surface area contributed by atoms with Crippen LogP contribution in [0, 0.1) is 0 Å². The molecule has 1 aromatic carbocycles. The molecule has 0 atom stereocenters. The number of rotatable bonds is 5. The summed E-state index contributed by atoms with van der Waals surface area (Å²) in [5, 5.41) is 0. The van der Waals surface area contributed by atoms with E-state index < -0.39 is 12.6 Å². The number of benzene rings is 1. The van der Waals surface area contributed by atoms with Gasteiger partial charge in [-0.2, -0.15) is 13.2 Å². The summed E-state index contributed by atoms with van der Waals surface area (Å²) in [5.74, 6) is 0. The Kier molecular flexibility index (Phi) is 4.55. The van der Waals surface area contributed by atoms with E-state index in [1.807, 2.05) is 24.3 Å². The summed E-state index contributed by atoms with van der Waals surface area (Å²) in [6.45, 7) is 3.49. The lowest BCUT2D eigenvalue weighted by Crippen LogP contribution is -2.11. The number of alkyl halides is 3. The van der Waals surface area contributed by atoms with Crippen LogP contribution in [0.5, 0.6) is 0 Å². The Hall–Kier alpha value is -1.29. The predicted molar refractivity (Wildman–Crippen MR) is 56.9 cm³/mol. The van der Waals surface area contributed by atoms with Gasteiger partial charge in [-0.3, -0.25) is 0 Å². The second-order valence-corrected chi connectivity index (χ2v) is 3.32. The molecule has 1 nitrogen and oxygen atoms in total. The second kappa shape index (κ2) is 5.70.